The van der Waals surface area contributed by atoms with E-state index >= 15 is 0 Å². The van der Waals surface area contributed by atoms with Crippen molar-refractivity contribution in [3.8, 4) is 0 Å². The van der Waals surface area contributed by atoms with Crippen molar-refractivity contribution in [1.29, 1.82) is 0 Å². The molecule has 68 valence electrons. The van der Waals surface area contributed by atoms with Crippen LogP contribution in [-0.4, -0.2) is 19.9 Å². The molecule has 0 rings (SSSR count). The van der Waals surface area contributed by atoms with Gasteiger partial charge in [0, 0.05) is 6.42 Å². The Bertz CT molecular complexity index is 72.0. The van der Waals surface area contributed by atoms with Crippen molar-refractivity contribution >= 4 is 6.29 Å². The molecule has 0 radical (unpaired) electrons. The summed E-state index contributed by atoms with van der Waals surface area (Å²) in [6.45, 7) is 7.49. The second-order valence-electron chi connectivity index (χ2n) is 2.91. The minimum absolute atomic E-state index is 0.708. The molecule has 0 bridgehead atoms. The number of rotatable bonds is 4. The van der Waals surface area contributed by atoms with Gasteiger partial charge < -0.3 is 10.1 Å². The van der Waals surface area contributed by atoms with Gasteiger partial charge in [0.15, 0.2) is 0 Å². The topological polar surface area (TPSA) is 29.1 Å². The van der Waals surface area contributed by atoms with Crippen LogP contribution in [0.5, 0.6) is 0 Å². The average Bonchev–Trinajstić information content (AvgIpc) is 1.90. The van der Waals surface area contributed by atoms with Gasteiger partial charge in [-0.25, -0.2) is 0 Å². The Morgan fingerprint density at radius 2 is 2.00 bits per heavy atom. The summed E-state index contributed by atoms with van der Waals surface area (Å²) in [7, 11) is 1.97. The molecule has 0 aliphatic rings. The molecule has 0 aromatic carbocycles. The normalized spacial score (nSPS) is 8.82. The van der Waals surface area contributed by atoms with Gasteiger partial charge >= 0.3 is 0 Å². The van der Waals surface area contributed by atoms with E-state index in [1.807, 2.05) is 14.0 Å². The number of unbranched alkanes of at least 4 members (excludes halogenated alkanes) is 1. The zero-order valence-electron chi connectivity index (χ0n) is 8.18. The summed E-state index contributed by atoms with van der Waals surface area (Å²) in [6.07, 6.45) is 2.61. The molecule has 0 saturated carbocycles. The first-order valence-corrected chi connectivity index (χ1v) is 4.27. The van der Waals surface area contributed by atoms with Gasteiger partial charge in [-0.15, -0.1) is 0 Å². The van der Waals surface area contributed by atoms with Gasteiger partial charge in [-0.1, -0.05) is 20.8 Å². The van der Waals surface area contributed by atoms with E-state index in [1.165, 1.54) is 0 Å². The van der Waals surface area contributed by atoms with Crippen molar-refractivity contribution in [2.75, 3.05) is 13.6 Å². The first-order valence-electron chi connectivity index (χ1n) is 4.27. The predicted molar refractivity (Wildman–Crippen MR) is 49.7 cm³/mol. The van der Waals surface area contributed by atoms with Gasteiger partial charge in [0.2, 0.25) is 0 Å². The van der Waals surface area contributed by atoms with Crippen LogP contribution in [0.25, 0.3) is 0 Å². The molecule has 1 N–H and O–H groups in total. The molecule has 0 unspecified atom stereocenters. The minimum Gasteiger partial charge on any atom is -0.319 e. The first kappa shape index (κ1) is 13.2. The van der Waals surface area contributed by atoms with E-state index in [1.54, 1.807) is 0 Å². The van der Waals surface area contributed by atoms with Gasteiger partial charge in [-0.05, 0) is 25.9 Å². The van der Waals surface area contributed by atoms with Gasteiger partial charge in [0.05, 0.1) is 0 Å². The van der Waals surface area contributed by atoms with Crippen LogP contribution in [0.4, 0.5) is 0 Å². The number of nitrogens with one attached hydrogen (secondary N) is 1. The Kier molecular flexibility index (Phi) is 14.8. The molecule has 2 heteroatoms. The highest BCUT2D eigenvalue weighted by atomic mass is 16.1. The molecule has 0 amide bonds. The molecule has 0 fully saturated rings. The molecule has 0 aliphatic heterocycles. The van der Waals surface area contributed by atoms with E-state index in [2.05, 4.69) is 19.2 Å². The number of carbonyl (C=O) groups is 1. The molecule has 0 aromatic heterocycles. The minimum atomic E-state index is 0.708. The fourth-order valence-electron chi connectivity index (χ4n) is 0.526. The fraction of sp³-hybridized carbons (Fsp3) is 0.889. The Morgan fingerprint density at radius 3 is 2.00 bits per heavy atom. The summed E-state index contributed by atoms with van der Waals surface area (Å²) in [5.41, 5.74) is 0. The van der Waals surface area contributed by atoms with Crippen molar-refractivity contribution in [1.82, 2.24) is 5.32 Å². The fourth-order valence-corrected chi connectivity index (χ4v) is 0.526. The lowest BCUT2D eigenvalue weighted by atomic mass is 10.2. The van der Waals surface area contributed by atoms with Crippen LogP contribution >= 0.6 is 0 Å². The molecule has 11 heavy (non-hydrogen) atoms. The molecule has 2 nitrogen and oxygen atoms in total. The van der Waals surface area contributed by atoms with Crippen LogP contribution in [0.15, 0.2) is 0 Å². The Balaban J connectivity index is 0. The lowest BCUT2D eigenvalue weighted by molar-refractivity contribution is -0.107. The molecule has 0 aromatic rings. The summed E-state index contributed by atoms with van der Waals surface area (Å²) in [6, 6.07) is 0. The first-order chi connectivity index (χ1) is 5.18. The van der Waals surface area contributed by atoms with Crippen LogP contribution in [0.3, 0.4) is 0 Å². The van der Waals surface area contributed by atoms with Crippen LogP contribution in [0, 0.1) is 5.92 Å². The van der Waals surface area contributed by atoms with Crippen molar-refractivity contribution < 1.29 is 4.79 Å². The van der Waals surface area contributed by atoms with E-state index in [-0.39, 0.29) is 0 Å². The molecular weight excluding hydrogens is 138 g/mol. The maximum absolute atomic E-state index is 9.40. The zero-order valence-corrected chi connectivity index (χ0v) is 8.18. The van der Waals surface area contributed by atoms with E-state index < -0.39 is 0 Å². The van der Waals surface area contributed by atoms with Crippen molar-refractivity contribution in [3.63, 3.8) is 0 Å². The quantitative estimate of drug-likeness (QED) is 0.634. The predicted octanol–water partition coefficient (Wildman–Crippen LogP) is 1.85. The number of hydrogen-bond donors (Lipinski definition) is 1. The third-order valence-electron chi connectivity index (χ3n) is 1.02. The lowest BCUT2D eigenvalue weighted by Crippen LogP contribution is -2.12. The van der Waals surface area contributed by atoms with E-state index in [4.69, 9.17) is 0 Å². The molecule has 0 saturated heterocycles. The standard InChI is InChI=1S/C5H13N.C4H8O/c1-5(2)4-6-3;1-2-3-4-5/h5-6H,4H2,1-3H3;4H,2-3H2,1H3. The third kappa shape index (κ3) is 26.2. The van der Waals surface area contributed by atoms with Crippen molar-refractivity contribution in [2.45, 2.75) is 33.6 Å². The largest absolute Gasteiger partial charge is 0.319 e. The maximum Gasteiger partial charge on any atom is 0.119 e. The van der Waals surface area contributed by atoms with Gasteiger partial charge in [-0.2, -0.15) is 0 Å². The zero-order chi connectivity index (χ0) is 9.11. The molecule has 0 aliphatic carbocycles. The Hall–Kier alpha value is -0.370. The van der Waals surface area contributed by atoms with Crippen molar-refractivity contribution in [2.24, 2.45) is 5.92 Å². The SMILES string of the molecule is CCCC=O.CNCC(C)C. The van der Waals surface area contributed by atoms with Crippen molar-refractivity contribution in [3.05, 3.63) is 0 Å². The monoisotopic (exact) mass is 159 g/mol. The lowest BCUT2D eigenvalue weighted by Gasteiger charge is -1.98. The van der Waals surface area contributed by atoms with E-state index in [9.17, 15) is 4.79 Å². The summed E-state index contributed by atoms with van der Waals surface area (Å²) in [5, 5.41) is 3.07. The molecular formula is C9H21NO. The van der Waals surface area contributed by atoms with Gasteiger partial charge in [-0.3, -0.25) is 0 Å². The second-order valence-corrected chi connectivity index (χ2v) is 2.91. The summed E-state index contributed by atoms with van der Waals surface area (Å²) < 4.78 is 0. The van der Waals surface area contributed by atoms with Gasteiger partial charge in [0.25, 0.3) is 0 Å². The molecule has 0 spiro atoms. The maximum atomic E-state index is 9.40. The third-order valence-corrected chi connectivity index (χ3v) is 1.02. The highest BCUT2D eigenvalue weighted by Gasteiger charge is 1.84. The Labute approximate surface area is 70.4 Å². The summed E-state index contributed by atoms with van der Waals surface area (Å²) in [5.74, 6) is 0.787. The highest BCUT2D eigenvalue weighted by molar-refractivity contribution is 5.48. The molecule has 0 atom stereocenters. The number of hydrogen-bond acceptors (Lipinski definition) is 2. The second kappa shape index (κ2) is 12.3. The summed E-state index contributed by atoms with van der Waals surface area (Å²) in [4.78, 5) is 9.40. The summed E-state index contributed by atoms with van der Waals surface area (Å²) >= 11 is 0. The van der Waals surface area contributed by atoms with Crippen LogP contribution in [0.2, 0.25) is 0 Å². The van der Waals surface area contributed by atoms with Crippen LogP contribution in [0.1, 0.15) is 33.6 Å². The average molecular weight is 159 g/mol. The Morgan fingerprint density at radius 1 is 1.45 bits per heavy atom. The smallest absolute Gasteiger partial charge is 0.119 e. The molecule has 0 heterocycles. The number of aldehydes is 1. The van der Waals surface area contributed by atoms with Crippen LogP contribution in [-0.2, 0) is 4.79 Å². The van der Waals surface area contributed by atoms with Crippen LogP contribution < -0.4 is 5.32 Å². The van der Waals surface area contributed by atoms with Gasteiger partial charge in [0.1, 0.15) is 6.29 Å². The van der Waals surface area contributed by atoms with E-state index in [0.29, 0.717) is 6.42 Å². The van der Waals surface area contributed by atoms with E-state index in [0.717, 1.165) is 25.2 Å². The number of carbonyl (C=O) groups excluding carboxylic acids is 1. The highest BCUT2D eigenvalue weighted by Crippen LogP contribution is 1.83.